The summed E-state index contributed by atoms with van der Waals surface area (Å²) in [6, 6.07) is 1.56. The van der Waals surface area contributed by atoms with Crippen molar-refractivity contribution in [2.75, 3.05) is 0 Å². The van der Waals surface area contributed by atoms with Gasteiger partial charge in [0.25, 0.3) is 5.91 Å². The van der Waals surface area contributed by atoms with Crippen molar-refractivity contribution in [1.29, 1.82) is 0 Å². The Balaban J connectivity index is 3.07. The molecule has 0 saturated carbocycles. The lowest BCUT2D eigenvalue weighted by atomic mass is 10.3. The molecule has 3 nitrogen and oxygen atoms in total. The maximum atomic E-state index is 10.4. The molecule has 0 spiro atoms. The van der Waals surface area contributed by atoms with E-state index in [1.165, 1.54) is 6.20 Å². The van der Waals surface area contributed by atoms with Crippen molar-refractivity contribution in [3.8, 4) is 0 Å². The van der Waals surface area contributed by atoms with Gasteiger partial charge in [0, 0.05) is 16.9 Å². The number of hydrogen-bond acceptors (Lipinski definition) is 2. The molecule has 4 heteroatoms. The van der Waals surface area contributed by atoms with Crippen LogP contribution < -0.4 is 5.73 Å². The van der Waals surface area contributed by atoms with E-state index >= 15 is 0 Å². The first-order chi connectivity index (χ1) is 4.70. The number of pyridine rings is 1. The normalized spacial score (nSPS) is 9.30. The van der Waals surface area contributed by atoms with Crippen LogP contribution in [0.4, 0.5) is 0 Å². The lowest BCUT2D eigenvalue weighted by Crippen LogP contribution is -1.98. The van der Waals surface area contributed by atoms with Crippen LogP contribution in [0.15, 0.2) is 22.9 Å². The van der Waals surface area contributed by atoms with Crippen molar-refractivity contribution in [2.45, 2.75) is 0 Å². The number of carbonyl (C=O) groups excluding carboxylic acids is 1. The summed E-state index contributed by atoms with van der Waals surface area (Å²) in [5.74, 6) is -0.714. The minimum absolute atomic E-state index is 0.300. The van der Waals surface area contributed by atoms with Gasteiger partial charge in [-0.3, -0.25) is 15.5 Å². The van der Waals surface area contributed by atoms with Crippen molar-refractivity contribution >= 4 is 21.8 Å². The Morgan fingerprint density at radius 3 is 2.70 bits per heavy atom. The van der Waals surface area contributed by atoms with E-state index in [1.807, 2.05) is 0 Å². The topological polar surface area (TPSA) is 53.8 Å². The second-order valence-corrected chi connectivity index (χ2v) is 2.64. The van der Waals surface area contributed by atoms with Gasteiger partial charge in [-0.15, -0.1) is 0 Å². The van der Waals surface area contributed by atoms with E-state index in [0.717, 1.165) is 0 Å². The minimum Gasteiger partial charge on any atom is -0.267 e. The number of nitrogens with one attached hydrogen (secondary N) is 1. The third kappa shape index (κ3) is 1.54. The first-order valence-electron chi connectivity index (χ1n) is 2.56. The zero-order chi connectivity index (χ0) is 7.56. The van der Waals surface area contributed by atoms with E-state index < -0.39 is 5.91 Å². The van der Waals surface area contributed by atoms with Gasteiger partial charge in [-0.2, -0.15) is 0 Å². The largest absolute Gasteiger partial charge is 0.271 e. The molecule has 10 heavy (non-hydrogen) atoms. The van der Waals surface area contributed by atoms with Gasteiger partial charge in [-0.05, 0) is 22.0 Å². The van der Waals surface area contributed by atoms with Gasteiger partial charge in [0.15, 0.2) is 0 Å². The van der Waals surface area contributed by atoms with E-state index in [9.17, 15) is 4.79 Å². The van der Waals surface area contributed by atoms with Crippen LogP contribution in [0.2, 0.25) is 0 Å². The fraction of sp³-hybridized carbons (Fsp3) is 0. The molecule has 0 aliphatic rings. The molecule has 0 aliphatic carbocycles. The zero-order valence-electron chi connectivity index (χ0n) is 4.97. The summed E-state index contributed by atoms with van der Waals surface area (Å²) in [5, 5.41) is 0. The van der Waals surface area contributed by atoms with Crippen LogP contribution in [-0.2, 0) is 0 Å². The number of hydrogen-bond donors (Lipinski definition) is 0. The molecule has 51 valence electrons. The fourth-order valence-electron chi connectivity index (χ4n) is 0.536. The van der Waals surface area contributed by atoms with Gasteiger partial charge in [-0.1, -0.05) is 0 Å². The number of halogens is 1. The standard InChI is InChI=1S/C6H4BrN2O/c7-5-1-4(6(8)10)2-9-3-5/h1-3,8H. The summed E-state index contributed by atoms with van der Waals surface area (Å²) in [6.45, 7) is 0. The molecule has 1 amide bonds. The molecular formula is C6H4BrN2O. The molecule has 1 aromatic heterocycles. The first-order valence-corrected chi connectivity index (χ1v) is 3.36. The van der Waals surface area contributed by atoms with Crippen molar-refractivity contribution < 1.29 is 4.79 Å². The molecule has 1 rings (SSSR count). The number of carbonyl (C=O) groups is 1. The third-order valence-electron chi connectivity index (χ3n) is 0.967. The van der Waals surface area contributed by atoms with Gasteiger partial charge in [0.05, 0.1) is 5.56 Å². The van der Waals surface area contributed by atoms with Crippen molar-refractivity contribution in [3.63, 3.8) is 0 Å². The summed E-state index contributed by atoms with van der Waals surface area (Å²) in [6.07, 6.45) is 2.92. The highest BCUT2D eigenvalue weighted by molar-refractivity contribution is 9.10. The number of nitrogens with zero attached hydrogens (tertiary/aromatic N) is 1. The number of aromatic nitrogens is 1. The SMILES string of the molecule is [NH]C(=O)c1cncc(Br)c1. The molecule has 0 aliphatic heterocycles. The monoisotopic (exact) mass is 199 g/mol. The van der Waals surface area contributed by atoms with Crippen LogP contribution >= 0.6 is 15.9 Å². The van der Waals surface area contributed by atoms with Crippen LogP contribution in [0.5, 0.6) is 0 Å². The molecule has 0 unspecified atom stereocenters. The average Bonchev–Trinajstić information content (AvgIpc) is 1.88. The van der Waals surface area contributed by atoms with E-state index in [1.54, 1.807) is 12.3 Å². The predicted octanol–water partition coefficient (Wildman–Crippen LogP) is 1.27. The summed E-state index contributed by atoms with van der Waals surface area (Å²) in [4.78, 5) is 14.1. The fourth-order valence-corrected chi connectivity index (χ4v) is 0.901. The summed E-state index contributed by atoms with van der Waals surface area (Å²) >= 11 is 3.13. The first kappa shape index (κ1) is 7.21. The third-order valence-corrected chi connectivity index (χ3v) is 1.40. The maximum absolute atomic E-state index is 10.4. The highest BCUT2D eigenvalue weighted by Gasteiger charge is 1.99. The van der Waals surface area contributed by atoms with E-state index in [0.29, 0.717) is 10.0 Å². The van der Waals surface area contributed by atoms with Gasteiger partial charge in [-0.25, -0.2) is 0 Å². The smallest absolute Gasteiger partial charge is 0.267 e. The van der Waals surface area contributed by atoms with Crippen molar-refractivity contribution in [1.82, 2.24) is 10.7 Å². The Bertz CT molecular complexity index is 262. The summed E-state index contributed by atoms with van der Waals surface area (Å²) < 4.78 is 0.714. The Hall–Kier alpha value is -0.900. The Morgan fingerprint density at radius 2 is 2.30 bits per heavy atom. The molecule has 0 bridgehead atoms. The average molecular weight is 200 g/mol. The lowest BCUT2D eigenvalue weighted by molar-refractivity contribution is 0.0991. The predicted molar refractivity (Wildman–Crippen MR) is 39.4 cm³/mol. The van der Waals surface area contributed by atoms with Crippen LogP contribution in [0.25, 0.3) is 0 Å². The van der Waals surface area contributed by atoms with Crippen LogP contribution in [0, 0.1) is 0 Å². The summed E-state index contributed by atoms with van der Waals surface area (Å²) in [7, 11) is 0. The molecular weight excluding hydrogens is 196 g/mol. The van der Waals surface area contributed by atoms with Crippen LogP contribution in [-0.4, -0.2) is 10.9 Å². The Labute approximate surface area is 66.4 Å². The molecule has 0 fully saturated rings. The Morgan fingerprint density at radius 1 is 1.60 bits per heavy atom. The minimum atomic E-state index is -0.714. The van der Waals surface area contributed by atoms with Gasteiger partial charge < -0.3 is 0 Å². The van der Waals surface area contributed by atoms with Crippen molar-refractivity contribution in [2.24, 2.45) is 0 Å². The zero-order valence-corrected chi connectivity index (χ0v) is 6.55. The molecule has 0 aromatic carbocycles. The van der Waals surface area contributed by atoms with Crippen LogP contribution in [0.3, 0.4) is 0 Å². The molecule has 1 radical (unpaired) electrons. The molecule has 0 saturated heterocycles. The second kappa shape index (κ2) is 2.79. The van der Waals surface area contributed by atoms with E-state index in [4.69, 9.17) is 5.73 Å². The van der Waals surface area contributed by atoms with E-state index in [-0.39, 0.29) is 0 Å². The molecule has 1 N–H and O–H groups in total. The lowest BCUT2D eigenvalue weighted by Gasteiger charge is -1.91. The maximum Gasteiger partial charge on any atom is 0.271 e. The number of rotatable bonds is 1. The highest BCUT2D eigenvalue weighted by atomic mass is 79.9. The quantitative estimate of drug-likeness (QED) is 0.685. The summed E-state index contributed by atoms with van der Waals surface area (Å²) in [5.41, 5.74) is 7.02. The number of amides is 1. The van der Waals surface area contributed by atoms with Crippen molar-refractivity contribution in [3.05, 3.63) is 28.5 Å². The molecule has 0 atom stereocenters. The van der Waals surface area contributed by atoms with Crippen LogP contribution in [0.1, 0.15) is 10.4 Å². The van der Waals surface area contributed by atoms with Gasteiger partial charge in [0.2, 0.25) is 0 Å². The highest BCUT2D eigenvalue weighted by Crippen LogP contribution is 2.08. The van der Waals surface area contributed by atoms with Gasteiger partial charge in [0.1, 0.15) is 0 Å². The second-order valence-electron chi connectivity index (χ2n) is 1.72. The molecule has 1 heterocycles. The van der Waals surface area contributed by atoms with Gasteiger partial charge >= 0.3 is 0 Å². The Kier molecular flexibility index (Phi) is 2.01. The molecule has 1 aromatic rings. The van der Waals surface area contributed by atoms with E-state index in [2.05, 4.69) is 20.9 Å².